The van der Waals surface area contributed by atoms with Gasteiger partial charge in [-0.05, 0) is 30.9 Å². The molecular weight excluding hydrogens is 483 g/mol. The molecule has 3 rings (SSSR count). The Bertz CT molecular complexity index is 686. The van der Waals surface area contributed by atoms with Gasteiger partial charge in [-0.15, -0.1) is 24.0 Å². The lowest BCUT2D eigenvalue weighted by Gasteiger charge is -2.31. The van der Waals surface area contributed by atoms with Gasteiger partial charge in [0.1, 0.15) is 0 Å². The summed E-state index contributed by atoms with van der Waals surface area (Å²) < 4.78 is 26.9. The molecule has 2 aliphatic rings. The standard InChI is InChI=1S/C17H26N4O2S2.HI/c18-17(20-10-12-24-13-11-20)19-14-15-6-8-21(9-7-15)25(22,23)16-4-2-1-3-5-16;/h1-5,15H,6-14H2,(H2,18,19);1H. The summed E-state index contributed by atoms with van der Waals surface area (Å²) in [6, 6.07) is 8.66. The number of benzene rings is 1. The third-order valence-electron chi connectivity index (χ3n) is 4.80. The van der Waals surface area contributed by atoms with Gasteiger partial charge in [-0.1, -0.05) is 18.2 Å². The zero-order valence-electron chi connectivity index (χ0n) is 14.8. The summed E-state index contributed by atoms with van der Waals surface area (Å²) in [5, 5.41) is 0. The van der Waals surface area contributed by atoms with Crippen molar-refractivity contribution in [2.24, 2.45) is 16.6 Å². The molecule has 2 N–H and O–H groups in total. The molecule has 0 radical (unpaired) electrons. The zero-order chi connectivity index (χ0) is 17.7. The minimum absolute atomic E-state index is 0. The monoisotopic (exact) mass is 510 g/mol. The molecule has 1 aromatic carbocycles. The van der Waals surface area contributed by atoms with E-state index in [0.29, 0.717) is 36.4 Å². The predicted molar refractivity (Wildman–Crippen MR) is 119 cm³/mol. The maximum atomic E-state index is 12.6. The summed E-state index contributed by atoms with van der Waals surface area (Å²) in [7, 11) is -3.37. The summed E-state index contributed by atoms with van der Waals surface area (Å²) in [6.07, 6.45) is 1.66. The number of aliphatic imine (C=N–C) groups is 1. The van der Waals surface area contributed by atoms with Crippen LogP contribution in [-0.2, 0) is 10.0 Å². The van der Waals surface area contributed by atoms with Crippen LogP contribution in [0.15, 0.2) is 40.2 Å². The van der Waals surface area contributed by atoms with Gasteiger partial charge >= 0.3 is 0 Å². The van der Waals surface area contributed by atoms with E-state index in [9.17, 15) is 8.42 Å². The number of guanidine groups is 1. The summed E-state index contributed by atoms with van der Waals surface area (Å²) in [5.41, 5.74) is 6.10. The molecular formula is C17H27IN4O2S2. The van der Waals surface area contributed by atoms with Crippen LogP contribution in [0.2, 0.25) is 0 Å². The highest BCUT2D eigenvalue weighted by Gasteiger charge is 2.29. The summed E-state index contributed by atoms with van der Waals surface area (Å²) in [5.74, 6) is 3.25. The third-order valence-corrected chi connectivity index (χ3v) is 7.66. The van der Waals surface area contributed by atoms with Crippen molar-refractivity contribution in [2.45, 2.75) is 17.7 Å². The normalized spacial score (nSPS) is 20.6. The summed E-state index contributed by atoms with van der Waals surface area (Å²) >= 11 is 1.95. The smallest absolute Gasteiger partial charge is 0.243 e. The lowest BCUT2D eigenvalue weighted by molar-refractivity contribution is 0.278. The highest BCUT2D eigenvalue weighted by atomic mass is 127. The Kier molecular flexibility index (Phi) is 8.49. The number of nitrogens with zero attached hydrogens (tertiary/aromatic N) is 3. The molecule has 1 aromatic rings. The Hall–Kier alpha value is -0.520. The molecule has 146 valence electrons. The van der Waals surface area contributed by atoms with Crippen LogP contribution >= 0.6 is 35.7 Å². The van der Waals surface area contributed by atoms with E-state index in [1.807, 2.05) is 17.8 Å². The number of rotatable bonds is 4. The van der Waals surface area contributed by atoms with Crippen molar-refractivity contribution < 1.29 is 8.42 Å². The molecule has 0 aromatic heterocycles. The van der Waals surface area contributed by atoms with E-state index in [1.165, 1.54) is 0 Å². The minimum atomic E-state index is -3.37. The van der Waals surface area contributed by atoms with Crippen LogP contribution in [-0.4, -0.2) is 67.8 Å². The molecule has 0 aliphatic carbocycles. The first kappa shape index (κ1) is 21.8. The first-order valence-corrected chi connectivity index (χ1v) is 11.3. The van der Waals surface area contributed by atoms with E-state index in [2.05, 4.69) is 9.89 Å². The fourth-order valence-corrected chi connectivity index (χ4v) is 5.58. The first-order chi connectivity index (χ1) is 12.1. The third kappa shape index (κ3) is 5.49. The zero-order valence-corrected chi connectivity index (χ0v) is 18.8. The van der Waals surface area contributed by atoms with E-state index >= 15 is 0 Å². The Morgan fingerprint density at radius 1 is 1.12 bits per heavy atom. The van der Waals surface area contributed by atoms with Gasteiger partial charge in [0.2, 0.25) is 10.0 Å². The molecule has 0 spiro atoms. The second-order valence-corrected chi connectivity index (χ2v) is 9.62. The lowest BCUT2D eigenvalue weighted by Crippen LogP contribution is -2.43. The molecule has 0 bridgehead atoms. The quantitative estimate of drug-likeness (QED) is 0.381. The van der Waals surface area contributed by atoms with Crippen molar-refractivity contribution in [3.8, 4) is 0 Å². The van der Waals surface area contributed by atoms with Crippen molar-refractivity contribution in [1.29, 1.82) is 0 Å². The highest BCUT2D eigenvalue weighted by molar-refractivity contribution is 14.0. The number of sulfonamides is 1. The first-order valence-electron chi connectivity index (χ1n) is 8.75. The molecule has 9 heteroatoms. The molecule has 6 nitrogen and oxygen atoms in total. The molecule has 0 saturated carbocycles. The maximum absolute atomic E-state index is 12.6. The molecule has 0 amide bonds. The van der Waals surface area contributed by atoms with Crippen LogP contribution in [0.3, 0.4) is 0 Å². The molecule has 0 unspecified atom stereocenters. The maximum Gasteiger partial charge on any atom is 0.243 e. The molecule has 2 fully saturated rings. The van der Waals surface area contributed by atoms with Crippen molar-refractivity contribution in [3.05, 3.63) is 30.3 Å². The number of halogens is 1. The molecule has 2 aliphatic heterocycles. The second kappa shape index (κ2) is 10.1. The highest BCUT2D eigenvalue weighted by Crippen LogP contribution is 2.24. The number of thioether (sulfide) groups is 1. The van der Waals surface area contributed by atoms with Crippen LogP contribution in [0.1, 0.15) is 12.8 Å². The number of hydrogen-bond donors (Lipinski definition) is 1. The van der Waals surface area contributed by atoms with E-state index in [1.54, 1.807) is 28.6 Å². The van der Waals surface area contributed by atoms with Gasteiger partial charge < -0.3 is 10.6 Å². The van der Waals surface area contributed by atoms with Gasteiger partial charge in [0, 0.05) is 44.2 Å². The van der Waals surface area contributed by atoms with Crippen LogP contribution in [0.25, 0.3) is 0 Å². The van der Waals surface area contributed by atoms with Crippen molar-refractivity contribution in [1.82, 2.24) is 9.21 Å². The van der Waals surface area contributed by atoms with Crippen molar-refractivity contribution in [3.63, 3.8) is 0 Å². The number of hydrogen-bond acceptors (Lipinski definition) is 4. The Labute approximate surface area is 177 Å². The van der Waals surface area contributed by atoms with Crippen LogP contribution in [0.5, 0.6) is 0 Å². The predicted octanol–water partition coefficient (Wildman–Crippen LogP) is 2.07. The van der Waals surface area contributed by atoms with Crippen molar-refractivity contribution >= 4 is 51.7 Å². The number of piperidine rings is 1. The minimum Gasteiger partial charge on any atom is -0.370 e. The van der Waals surface area contributed by atoms with Gasteiger partial charge in [-0.2, -0.15) is 16.1 Å². The van der Waals surface area contributed by atoms with E-state index in [4.69, 9.17) is 5.73 Å². The Morgan fingerprint density at radius 2 is 1.73 bits per heavy atom. The topological polar surface area (TPSA) is 79.0 Å². The fraction of sp³-hybridized carbons (Fsp3) is 0.588. The van der Waals surface area contributed by atoms with Crippen LogP contribution in [0, 0.1) is 5.92 Å². The fourth-order valence-electron chi connectivity index (χ4n) is 3.19. The molecule has 26 heavy (non-hydrogen) atoms. The van der Waals surface area contributed by atoms with Crippen LogP contribution in [0.4, 0.5) is 0 Å². The molecule has 2 saturated heterocycles. The Morgan fingerprint density at radius 3 is 2.35 bits per heavy atom. The average molecular weight is 510 g/mol. The van der Waals surface area contributed by atoms with Gasteiger partial charge in [0.15, 0.2) is 5.96 Å². The SMILES string of the molecule is I.NC(=NCC1CCN(S(=O)(=O)c2ccccc2)CC1)N1CCSCC1. The molecule has 2 heterocycles. The average Bonchev–Trinajstić information content (AvgIpc) is 2.68. The summed E-state index contributed by atoms with van der Waals surface area (Å²) in [6.45, 7) is 3.73. The lowest BCUT2D eigenvalue weighted by atomic mass is 9.98. The largest absolute Gasteiger partial charge is 0.370 e. The van der Waals surface area contributed by atoms with Gasteiger partial charge in [-0.3, -0.25) is 4.99 Å². The summed E-state index contributed by atoms with van der Waals surface area (Å²) in [4.78, 5) is 7.08. The Balaban J connectivity index is 0.00000243. The van der Waals surface area contributed by atoms with E-state index < -0.39 is 10.0 Å². The van der Waals surface area contributed by atoms with Crippen LogP contribution < -0.4 is 5.73 Å². The van der Waals surface area contributed by atoms with Gasteiger partial charge in [0.05, 0.1) is 4.90 Å². The molecule has 0 atom stereocenters. The van der Waals surface area contributed by atoms with Gasteiger partial charge in [-0.25, -0.2) is 8.42 Å². The number of nitrogens with two attached hydrogens (primary N) is 1. The van der Waals surface area contributed by atoms with E-state index in [0.717, 1.165) is 37.4 Å². The van der Waals surface area contributed by atoms with E-state index in [-0.39, 0.29) is 24.0 Å². The van der Waals surface area contributed by atoms with Gasteiger partial charge in [0.25, 0.3) is 0 Å². The second-order valence-electron chi connectivity index (χ2n) is 6.46. The van der Waals surface area contributed by atoms with Crippen molar-refractivity contribution in [2.75, 3.05) is 44.2 Å².